The Morgan fingerprint density at radius 3 is 3.05 bits per heavy atom. The molecule has 6 atom stereocenters. The van der Waals surface area contributed by atoms with Gasteiger partial charge >= 0.3 is 0 Å². The monoisotopic (exact) mass is 284 g/mol. The van der Waals surface area contributed by atoms with Crippen LogP contribution in [0, 0.1) is 17.3 Å². The molecule has 1 heterocycles. The lowest BCUT2D eigenvalue weighted by Gasteiger charge is -2.49. The summed E-state index contributed by atoms with van der Waals surface area (Å²) in [6.07, 6.45) is 7.83. The molecule has 0 N–H and O–H groups in total. The second-order valence-electron chi connectivity index (χ2n) is 7.86. The molecule has 1 aromatic rings. The van der Waals surface area contributed by atoms with Crippen LogP contribution in [0.4, 0.5) is 0 Å². The molecule has 21 heavy (non-hydrogen) atoms. The average molecular weight is 284 g/mol. The van der Waals surface area contributed by atoms with Crippen LogP contribution >= 0.6 is 0 Å². The quantitative estimate of drug-likeness (QED) is 0.729. The summed E-state index contributed by atoms with van der Waals surface area (Å²) < 4.78 is 11.3. The largest absolute Gasteiger partial charge is 0.497 e. The summed E-state index contributed by atoms with van der Waals surface area (Å²) in [6.45, 7) is 2.51. The van der Waals surface area contributed by atoms with Crippen molar-refractivity contribution in [1.82, 2.24) is 0 Å². The van der Waals surface area contributed by atoms with E-state index in [2.05, 4.69) is 25.1 Å². The van der Waals surface area contributed by atoms with Gasteiger partial charge in [0.1, 0.15) is 5.75 Å². The molecule has 1 saturated heterocycles. The summed E-state index contributed by atoms with van der Waals surface area (Å²) in [5, 5.41) is 0. The topological polar surface area (TPSA) is 21.8 Å². The molecule has 112 valence electrons. The molecule has 1 aliphatic heterocycles. The number of ether oxygens (including phenoxy) is 2. The van der Waals surface area contributed by atoms with Gasteiger partial charge in [-0.2, -0.15) is 0 Å². The lowest BCUT2D eigenvalue weighted by molar-refractivity contribution is 0.00418. The molecule has 0 unspecified atom stereocenters. The van der Waals surface area contributed by atoms with E-state index in [0.717, 1.165) is 23.5 Å². The first-order valence-electron chi connectivity index (χ1n) is 8.53. The number of hydrogen-bond donors (Lipinski definition) is 0. The van der Waals surface area contributed by atoms with Crippen LogP contribution in [0.5, 0.6) is 5.75 Å². The van der Waals surface area contributed by atoms with Crippen LogP contribution in [-0.4, -0.2) is 19.3 Å². The highest BCUT2D eigenvalue weighted by Gasteiger charge is 2.66. The predicted molar refractivity (Wildman–Crippen MR) is 81.7 cm³/mol. The standard InChI is InChI=1S/C19H24O2/c1-19-8-7-14-13-6-4-12(20-2)9-11(13)3-5-15(14)16(19)10-17-18(19)21-17/h4,6,9,14-18H,3,5,7-8,10H2,1-2H3/t14-,15-,16+,17+,18+,19+/m1/s1. The molecular weight excluding hydrogens is 260 g/mol. The maximum absolute atomic E-state index is 5.89. The fourth-order valence-corrected chi connectivity index (χ4v) is 5.98. The number of aryl methyl sites for hydroxylation is 1. The number of fused-ring (bicyclic) bond motifs is 7. The van der Waals surface area contributed by atoms with E-state index in [1.165, 1.54) is 32.1 Å². The minimum absolute atomic E-state index is 0.482. The predicted octanol–water partition coefficient (Wildman–Crippen LogP) is 3.93. The van der Waals surface area contributed by atoms with Crippen molar-refractivity contribution >= 4 is 0 Å². The molecule has 0 radical (unpaired) electrons. The molecule has 0 spiro atoms. The molecule has 0 aromatic heterocycles. The summed E-state index contributed by atoms with van der Waals surface area (Å²) in [7, 11) is 1.77. The van der Waals surface area contributed by atoms with Crippen LogP contribution in [0.1, 0.15) is 49.7 Å². The van der Waals surface area contributed by atoms with E-state index in [0.29, 0.717) is 17.6 Å². The maximum atomic E-state index is 5.89. The van der Waals surface area contributed by atoms with Gasteiger partial charge in [0.15, 0.2) is 0 Å². The molecule has 4 aliphatic rings. The zero-order valence-corrected chi connectivity index (χ0v) is 13.0. The maximum Gasteiger partial charge on any atom is 0.119 e. The number of rotatable bonds is 1. The number of methoxy groups -OCH3 is 1. The van der Waals surface area contributed by atoms with Crippen molar-refractivity contribution in [2.24, 2.45) is 17.3 Å². The van der Waals surface area contributed by atoms with Gasteiger partial charge in [-0.3, -0.25) is 0 Å². The molecule has 1 aromatic carbocycles. The Balaban J connectivity index is 1.51. The Kier molecular flexibility index (Phi) is 2.41. The summed E-state index contributed by atoms with van der Waals surface area (Å²) >= 11 is 0. The minimum Gasteiger partial charge on any atom is -0.497 e. The van der Waals surface area contributed by atoms with Crippen molar-refractivity contribution in [1.29, 1.82) is 0 Å². The SMILES string of the molecule is COc1ccc2c(c1)CC[C@@H]1[C@@H]2CC[C@@]2(C)[C@H]1C[C@@H]1O[C@@H]12. The van der Waals surface area contributed by atoms with Gasteiger partial charge in [0.25, 0.3) is 0 Å². The zero-order chi connectivity index (χ0) is 14.2. The van der Waals surface area contributed by atoms with Crippen LogP contribution in [0.25, 0.3) is 0 Å². The smallest absolute Gasteiger partial charge is 0.119 e. The molecular formula is C19H24O2. The second kappa shape index (κ2) is 4.04. The van der Waals surface area contributed by atoms with E-state index >= 15 is 0 Å². The fourth-order valence-electron chi connectivity index (χ4n) is 5.98. The van der Waals surface area contributed by atoms with Crippen LogP contribution in [0.3, 0.4) is 0 Å². The van der Waals surface area contributed by atoms with E-state index < -0.39 is 0 Å². The van der Waals surface area contributed by atoms with E-state index in [9.17, 15) is 0 Å². The van der Waals surface area contributed by atoms with Crippen molar-refractivity contribution in [2.75, 3.05) is 7.11 Å². The Morgan fingerprint density at radius 2 is 2.19 bits per heavy atom. The van der Waals surface area contributed by atoms with Gasteiger partial charge < -0.3 is 9.47 Å². The Hall–Kier alpha value is -1.02. The highest BCUT2D eigenvalue weighted by molar-refractivity contribution is 5.41. The highest BCUT2D eigenvalue weighted by atomic mass is 16.6. The van der Waals surface area contributed by atoms with Gasteiger partial charge in [0, 0.05) is 0 Å². The first-order chi connectivity index (χ1) is 10.2. The van der Waals surface area contributed by atoms with E-state index in [1.807, 2.05) is 0 Å². The van der Waals surface area contributed by atoms with Crippen molar-refractivity contribution in [3.63, 3.8) is 0 Å². The fraction of sp³-hybridized carbons (Fsp3) is 0.684. The second-order valence-corrected chi connectivity index (χ2v) is 7.86. The minimum atomic E-state index is 0.482. The molecule has 2 heteroatoms. The summed E-state index contributed by atoms with van der Waals surface area (Å²) in [5.74, 6) is 3.59. The molecule has 0 amide bonds. The third-order valence-corrected chi connectivity index (χ3v) is 7.09. The van der Waals surface area contributed by atoms with E-state index in [1.54, 1.807) is 18.2 Å². The van der Waals surface area contributed by atoms with Gasteiger partial charge in [-0.25, -0.2) is 0 Å². The van der Waals surface area contributed by atoms with Crippen molar-refractivity contribution in [2.45, 2.75) is 57.2 Å². The molecule has 2 nitrogen and oxygen atoms in total. The lowest BCUT2D eigenvalue weighted by atomic mass is 9.55. The first-order valence-corrected chi connectivity index (χ1v) is 8.53. The lowest BCUT2D eigenvalue weighted by Crippen LogP contribution is -2.42. The normalized spacial score (nSPS) is 46.1. The molecule has 3 aliphatic carbocycles. The summed E-state index contributed by atoms with van der Waals surface area (Å²) in [4.78, 5) is 0. The Bertz CT molecular complexity index is 595. The third kappa shape index (κ3) is 1.57. The number of epoxide rings is 1. The molecule has 2 saturated carbocycles. The van der Waals surface area contributed by atoms with Gasteiger partial charge in [0.05, 0.1) is 19.3 Å². The number of hydrogen-bond acceptors (Lipinski definition) is 2. The van der Waals surface area contributed by atoms with Crippen LogP contribution in [-0.2, 0) is 11.2 Å². The Labute approximate surface area is 126 Å². The zero-order valence-electron chi connectivity index (χ0n) is 13.0. The summed E-state index contributed by atoms with van der Waals surface area (Å²) in [5.41, 5.74) is 3.64. The van der Waals surface area contributed by atoms with E-state index in [-0.39, 0.29) is 0 Å². The average Bonchev–Trinajstić information content (AvgIpc) is 3.23. The Morgan fingerprint density at radius 1 is 1.29 bits per heavy atom. The molecule has 3 fully saturated rings. The van der Waals surface area contributed by atoms with E-state index in [4.69, 9.17) is 9.47 Å². The van der Waals surface area contributed by atoms with Crippen molar-refractivity contribution < 1.29 is 9.47 Å². The van der Waals surface area contributed by atoms with Gasteiger partial charge in [0.2, 0.25) is 0 Å². The van der Waals surface area contributed by atoms with Crippen LogP contribution in [0.15, 0.2) is 18.2 Å². The third-order valence-electron chi connectivity index (χ3n) is 7.09. The van der Waals surface area contributed by atoms with Gasteiger partial charge in [-0.1, -0.05) is 13.0 Å². The van der Waals surface area contributed by atoms with Gasteiger partial charge in [-0.15, -0.1) is 0 Å². The molecule has 5 rings (SSSR count). The number of benzene rings is 1. The molecule has 0 bridgehead atoms. The first kappa shape index (κ1) is 12.5. The highest BCUT2D eigenvalue weighted by Crippen LogP contribution is 2.66. The summed E-state index contributed by atoms with van der Waals surface area (Å²) in [6, 6.07) is 6.78. The van der Waals surface area contributed by atoms with Crippen molar-refractivity contribution in [3.05, 3.63) is 29.3 Å². The van der Waals surface area contributed by atoms with Crippen LogP contribution in [0.2, 0.25) is 0 Å². The van der Waals surface area contributed by atoms with Gasteiger partial charge in [-0.05, 0) is 78.5 Å². The van der Waals surface area contributed by atoms with Crippen molar-refractivity contribution in [3.8, 4) is 5.75 Å². The van der Waals surface area contributed by atoms with Crippen LogP contribution < -0.4 is 4.74 Å².